The van der Waals surface area contributed by atoms with Gasteiger partial charge >= 0.3 is 0 Å². The van der Waals surface area contributed by atoms with E-state index < -0.39 is 11.6 Å². The van der Waals surface area contributed by atoms with Crippen LogP contribution < -0.4 is 10.6 Å². The number of carbonyl (C=O) groups excluding carboxylic acids is 1. The Balaban J connectivity index is 1.69. The van der Waals surface area contributed by atoms with Crippen molar-refractivity contribution >= 4 is 28.5 Å². The van der Waals surface area contributed by atoms with Crippen molar-refractivity contribution < 1.29 is 13.6 Å². The molecule has 0 fully saturated rings. The quantitative estimate of drug-likeness (QED) is 0.155. The molecule has 3 aromatic carbocycles. The number of benzene rings is 3. The highest BCUT2D eigenvalue weighted by Gasteiger charge is 2.17. The van der Waals surface area contributed by atoms with Crippen LogP contribution in [0.5, 0.6) is 0 Å². The van der Waals surface area contributed by atoms with Gasteiger partial charge in [-0.15, -0.1) is 0 Å². The Kier molecular flexibility index (Phi) is 12.1. The molecular weight excluding hydrogens is 595 g/mol. The van der Waals surface area contributed by atoms with Gasteiger partial charge in [0.05, 0.1) is 0 Å². The minimum atomic E-state index is -0.614. The summed E-state index contributed by atoms with van der Waals surface area (Å²) in [5, 5.41) is 6.56. The van der Waals surface area contributed by atoms with Crippen LogP contribution in [0, 0.1) is 22.1 Å². The molecule has 38 heavy (non-hydrogen) atoms. The van der Waals surface area contributed by atoms with E-state index in [-0.39, 0.29) is 11.9 Å². The van der Waals surface area contributed by atoms with E-state index in [2.05, 4.69) is 70.3 Å². The fraction of sp³-hybridized carbons (Fsp3) is 0.387. The fourth-order valence-corrected chi connectivity index (χ4v) is 5.17. The second-order valence-electron chi connectivity index (χ2n) is 10.0. The standard InChI is InChI=1S/C31H38F2IN3O/c1-4-5-11-37(3)21-25-12-22(2)13-26(14-25)31(38)36-30(18-24-15-27(32)19-28(33)16-24)9-10-35-20-23-7-6-8-29(34)17-23/h6-8,12-17,19,30,35H,4-5,9-11,18,20-21H2,1-3H3,(H,36,38)/t30-/m1/s1. The van der Waals surface area contributed by atoms with Crippen LogP contribution in [-0.2, 0) is 19.5 Å². The smallest absolute Gasteiger partial charge is 0.251 e. The molecule has 0 aliphatic rings. The third-order valence-corrected chi connectivity index (χ3v) is 7.04. The van der Waals surface area contributed by atoms with Crippen LogP contribution in [0.1, 0.15) is 58.8 Å². The summed E-state index contributed by atoms with van der Waals surface area (Å²) in [7, 11) is 2.09. The third kappa shape index (κ3) is 10.4. The summed E-state index contributed by atoms with van der Waals surface area (Å²) < 4.78 is 28.9. The number of halogens is 3. The molecule has 0 saturated heterocycles. The number of carbonyl (C=O) groups is 1. The number of nitrogens with one attached hydrogen (secondary N) is 2. The molecule has 0 bridgehead atoms. The Labute approximate surface area is 239 Å². The summed E-state index contributed by atoms with van der Waals surface area (Å²) in [4.78, 5) is 15.6. The zero-order valence-corrected chi connectivity index (χ0v) is 24.7. The van der Waals surface area contributed by atoms with Gasteiger partial charge in [-0.05, 0) is 122 Å². The SMILES string of the molecule is CCCCN(C)Cc1cc(C)cc(C(=O)N[C@H](CCNCc2cccc(I)c2)Cc2cc(F)cc(F)c2)c1. The summed E-state index contributed by atoms with van der Waals surface area (Å²) in [6.45, 7) is 7.31. The molecule has 0 aromatic heterocycles. The van der Waals surface area contributed by atoms with Gasteiger partial charge in [0.2, 0.25) is 0 Å². The lowest BCUT2D eigenvalue weighted by Gasteiger charge is -2.21. The van der Waals surface area contributed by atoms with Gasteiger partial charge in [0.1, 0.15) is 11.6 Å². The van der Waals surface area contributed by atoms with Crippen molar-refractivity contribution in [3.63, 3.8) is 0 Å². The van der Waals surface area contributed by atoms with Crippen molar-refractivity contribution in [3.8, 4) is 0 Å². The molecule has 1 amide bonds. The molecule has 4 nitrogen and oxygen atoms in total. The molecule has 204 valence electrons. The maximum atomic E-state index is 13.9. The molecule has 0 unspecified atom stereocenters. The Hall–Kier alpha value is -2.36. The predicted molar refractivity (Wildman–Crippen MR) is 159 cm³/mol. The number of nitrogens with zero attached hydrogens (tertiary/aromatic N) is 1. The van der Waals surface area contributed by atoms with Crippen LogP contribution in [0.2, 0.25) is 0 Å². The Morgan fingerprint density at radius 1 is 1.00 bits per heavy atom. The largest absolute Gasteiger partial charge is 0.349 e. The topological polar surface area (TPSA) is 44.4 Å². The van der Waals surface area contributed by atoms with Crippen LogP contribution in [-0.4, -0.2) is 37.0 Å². The number of unbranched alkanes of at least 4 members (excludes halogenated alkanes) is 1. The number of aryl methyl sites for hydroxylation is 1. The molecule has 0 aliphatic heterocycles. The van der Waals surface area contributed by atoms with Gasteiger partial charge in [0.15, 0.2) is 0 Å². The van der Waals surface area contributed by atoms with E-state index in [4.69, 9.17) is 0 Å². The second-order valence-corrected chi connectivity index (χ2v) is 11.3. The number of hydrogen-bond acceptors (Lipinski definition) is 3. The second kappa shape index (κ2) is 15.3. The van der Waals surface area contributed by atoms with E-state index in [0.717, 1.165) is 43.1 Å². The van der Waals surface area contributed by atoms with Crippen molar-refractivity contribution in [1.29, 1.82) is 0 Å². The van der Waals surface area contributed by atoms with Gasteiger partial charge in [-0.1, -0.05) is 37.1 Å². The molecular formula is C31H38F2IN3O. The van der Waals surface area contributed by atoms with Gasteiger partial charge in [0, 0.05) is 34.3 Å². The zero-order valence-electron chi connectivity index (χ0n) is 22.5. The summed E-state index contributed by atoms with van der Waals surface area (Å²) >= 11 is 2.29. The molecule has 0 saturated carbocycles. The minimum absolute atomic E-state index is 0.175. The van der Waals surface area contributed by atoms with Gasteiger partial charge in [0.25, 0.3) is 5.91 Å². The molecule has 3 rings (SSSR count). The Bertz CT molecular complexity index is 1180. The third-order valence-electron chi connectivity index (χ3n) is 6.37. The highest BCUT2D eigenvalue weighted by molar-refractivity contribution is 14.1. The molecule has 0 aliphatic carbocycles. The summed E-state index contributed by atoms with van der Waals surface area (Å²) in [6, 6.07) is 17.5. The summed E-state index contributed by atoms with van der Waals surface area (Å²) in [5.74, 6) is -1.40. The lowest BCUT2D eigenvalue weighted by atomic mass is 10.0. The maximum absolute atomic E-state index is 13.9. The van der Waals surface area contributed by atoms with E-state index >= 15 is 0 Å². The van der Waals surface area contributed by atoms with E-state index in [1.165, 1.54) is 21.3 Å². The van der Waals surface area contributed by atoms with Crippen molar-refractivity contribution in [2.24, 2.45) is 0 Å². The van der Waals surface area contributed by atoms with Gasteiger partial charge in [-0.3, -0.25) is 4.79 Å². The number of rotatable bonds is 14. The lowest BCUT2D eigenvalue weighted by molar-refractivity contribution is 0.0934. The van der Waals surface area contributed by atoms with Crippen LogP contribution in [0.25, 0.3) is 0 Å². The number of hydrogen-bond donors (Lipinski definition) is 2. The molecule has 0 radical (unpaired) electrons. The normalized spacial score (nSPS) is 12.1. The van der Waals surface area contributed by atoms with Crippen LogP contribution >= 0.6 is 22.6 Å². The van der Waals surface area contributed by atoms with Crippen LogP contribution in [0.4, 0.5) is 8.78 Å². The average molecular weight is 634 g/mol. The maximum Gasteiger partial charge on any atom is 0.251 e. The first kappa shape index (κ1) is 30.2. The highest BCUT2D eigenvalue weighted by atomic mass is 127. The van der Waals surface area contributed by atoms with Crippen molar-refractivity contribution in [1.82, 2.24) is 15.5 Å². The van der Waals surface area contributed by atoms with Crippen molar-refractivity contribution in [2.75, 3.05) is 20.1 Å². The molecule has 1 atom stereocenters. The van der Waals surface area contributed by atoms with E-state index in [1.54, 1.807) is 0 Å². The van der Waals surface area contributed by atoms with Crippen molar-refractivity contribution in [3.05, 3.63) is 104 Å². The first-order valence-corrected chi connectivity index (χ1v) is 14.3. The average Bonchev–Trinajstić information content (AvgIpc) is 2.84. The fourth-order valence-electron chi connectivity index (χ4n) is 4.57. The van der Waals surface area contributed by atoms with Crippen LogP contribution in [0.3, 0.4) is 0 Å². The van der Waals surface area contributed by atoms with Gasteiger partial charge in [-0.2, -0.15) is 0 Å². The van der Waals surface area contributed by atoms with Crippen molar-refractivity contribution in [2.45, 2.75) is 58.7 Å². The predicted octanol–water partition coefficient (Wildman–Crippen LogP) is 6.63. The van der Waals surface area contributed by atoms with Gasteiger partial charge in [-0.25, -0.2) is 8.78 Å². The Morgan fingerprint density at radius 3 is 2.47 bits per heavy atom. The molecule has 0 heterocycles. The highest BCUT2D eigenvalue weighted by Crippen LogP contribution is 2.15. The molecule has 7 heteroatoms. The van der Waals surface area contributed by atoms with Gasteiger partial charge < -0.3 is 15.5 Å². The molecule has 0 spiro atoms. The monoisotopic (exact) mass is 633 g/mol. The first-order chi connectivity index (χ1) is 18.2. The molecule has 3 aromatic rings. The van der Waals surface area contributed by atoms with E-state index in [1.807, 2.05) is 31.2 Å². The van der Waals surface area contributed by atoms with E-state index in [0.29, 0.717) is 37.1 Å². The Morgan fingerprint density at radius 2 is 1.76 bits per heavy atom. The van der Waals surface area contributed by atoms with Crippen LogP contribution in [0.15, 0.2) is 60.7 Å². The number of amides is 1. The summed E-state index contributed by atoms with van der Waals surface area (Å²) in [6.07, 6.45) is 3.23. The molecule has 2 N–H and O–H groups in total. The summed E-state index contributed by atoms with van der Waals surface area (Å²) in [5.41, 5.74) is 4.43. The lowest BCUT2D eigenvalue weighted by Crippen LogP contribution is -2.38. The first-order valence-electron chi connectivity index (χ1n) is 13.2. The van der Waals surface area contributed by atoms with E-state index in [9.17, 15) is 13.6 Å². The zero-order chi connectivity index (χ0) is 27.5. The minimum Gasteiger partial charge on any atom is -0.349 e.